The molecule has 3 nitrogen and oxygen atoms in total. The van der Waals surface area contributed by atoms with Crippen LogP contribution < -0.4 is 10.5 Å². The van der Waals surface area contributed by atoms with Crippen LogP contribution in [0.25, 0.3) is 0 Å². The van der Waals surface area contributed by atoms with Crippen LogP contribution in [0.15, 0.2) is 24.3 Å². The molecular formula is C11H17NO2. The minimum Gasteiger partial charge on any atom is -0.496 e. The number of hydrogen-bond acceptors (Lipinski definition) is 3. The summed E-state index contributed by atoms with van der Waals surface area (Å²) in [5.41, 5.74) is 6.80. The lowest BCUT2D eigenvalue weighted by Gasteiger charge is -2.16. The van der Waals surface area contributed by atoms with Crippen molar-refractivity contribution in [3.63, 3.8) is 0 Å². The highest BCUT2D eigenvalue weighted by Gasteiger charge is 2.12. The summed E-state index contributed by atoms with van der Waals surface area (Å²) in [5.74, 6) is 0.823. The summed E-state index contributed by atoms with van der Waals surface area (Å²) in [6.07, 6.45) is 0.127. The van der Waals surface area contributed by atoms with Gasteiger partial charge in [0.25, 0.3) is 0 Å². The Labute approximate surface area is 84.5 Å². The van der Waals surface area contributed by atoms with Crippen molar-refractivity contribution in [2.24, 2.45) is 5.73 Å². The fourth-order valence-corrected chi connectivity index (χ4v) is 1.30. The summed E-state index contributed by atoms with van der Waals surface area (Å²) in [6.45, 7) is 1.69. The van der Waals surface area contributed by atoms with Crippen LogP contribution in [0.5, 0.6) is 5.75 Å². The third kappa shape index (κ3) is 2.72. The molecule has 14 heavy (non-hydrogen) atoms. The average Bonchev–Trinajstić information content (AvgIpc) is 2.18. The van der Waals surface area contributed by atoms with Crippen molar-refractivity contribution in [2.45, 2.75) is 25.5 Å². The smallest absolute Gasteiger partial charge is 0.122 e. The second-order valence-electron chi connectivity index (χ2n) is 3.42. The Kier molecular flexibility index (Phi) is 3.92. The van der Waals surface area contributed by atoms with E-state index >= 15 is 0 Å². The van der Waals surface area contributed by atoms with E-state index in [2.05, 4.69) is 0 Å². The number of ether oxygens (including phenoxy) is 1. The molecule has 1 aromatic rings. The largest absolute Gasteiger partial charge is 0.496 e. The monoisotopic (exact) mass is 195 g/mol. The van der Waals surface area contributed by atoms with Crippen LogP contribution in [-0.2, 0) is 6.42 Å². The molecule has 0 saturated heterocycles. The molecule has 0 spiro atoms. The van der Waals surface area contributed by atoms with Crippen molar-refractivity contribution >= 4 is 0 Å². The number of rotatable bonds is 4. The molecule has 1 aromatic carbocycles. The topological polar surface area (TPSA) is 55.5 Å². The lowest BCUT2D eigenvalue weighted by molar-refractivity contribution is 0.163. The van der Waals surface area contributed by atoms with Gasteiger partial charge in [-0.2, -0.15) is 0 Å². The molecule has 0 aliphatic heterocycles. The second-order valence-corrected chi connectivity index (χ2v) is 3.42. The van der Waals surface area contributed by atoms with Gasteiger partial charge in [0.1, 0.15) is 5.75 Å². The van der Waals surface area contributed by atoms with Crippen molar-refractivity contribution in [1.29, 1.82) is 0 Å². The molecule has 0 radical (unpaired) electrons. The molecule has 0 heterocycles. The maximum Gasteiger partial charge on any atom is 0.122 e. The van der Waals surface area contributed by atoms with Crippen molar-refractivity contribution in [3.05, 3.63) is 29.8 Å². The van der Waals surface area contributed by atoms with E-state index in [9.17, 15) is 5.11 Å². The summed E-state index contributed by atoms with van der Waals surface area (Å²) in [7, 11) is 1.63. The third-order valence-corrected chi connectivity index (χ3v) is 2.27. The SMILES string of the molecule is COc1ccccc1CC(N)C(C)O. The first-order valence-electron chi connectivity index (χ1n) is 4.70. The lowest BCUT2D eigenvalue weighted by atomic mass is 10.0. The maximum absolute atomic E-state index is 9.28. The number of hydrogen-bond donors (Lipinski definition) is 2. The van der Waals surface area contributed by atoms with Gasteiger partial charge in [-0.1, -0.05) is 18.2 Å². The molecule has 3 heteroatoms. The van der Waals surface area contributed by atoms with E-state index < -0.39 is 6.10 Å². The summed E-state index contributed by atoms with van der Waals surface area (Å²) in [6, 6.07) is 7.46. The molecule has 0 saturated carbocycles. The van der Waals surface area contributed by atoms with E-state index in [4.69, 9.17) is 10.5 Å². The van der Waals surface area contributed by atoms with Gasteiger partial charge in [0.15, 0.2) is 0 Å². The number of methoxy groups -OCH3 is 1. The van der Waals surface area contributed by atoms with E-state index in [0.717, 1.165) is 11.3 Å². The standard InChI is InChI=1S/C11H17NO2/c1-8(13)10(12)7-9-5-3-4-6-11(9)14-2/h3-6,8,10,13H,7,12H2,1-2H3. The molecule has 0 fully saturated rings. The normalized spacial score (nSPS) is 14.9. The van der Waals surface area contributed by atoms with E-state index in [-0.39, 0.29) is 6.04 Å². The lowest BCUT2D eigenvalue weighted by Crippen LogP contribution is -2.34. The fourth-order valence-electron chi connectivity index (χ4n) is 1.30. The van der Waals surface area contributed by atoms with Crippen LogP contribution in [-0.4, -0.2) is 24.4 Å². The summed E-state index contributed by atoms with van der Waals surface area (Å²) >= 11 is 0. The summed E-state index contributed by atoms with van der Waals surface area (Å²) < 4.78 is 5.19. The first-order chi connectivity index (χ1) is 6.65. The minimum absolute atomic E-state index is 0.244. The molecule has 0 aliphatic rings. The van der Waals surface area contributed by atoms with Gasteiger partial charge in [0.05, 0.1) is 13.2 Å². The Morgan fingerprint density at radius 1 is 1.43 bits per heavy atom. The van der Waals surface area contributed by atoms with Crippen molar-refractivity contribution in [3.8, 4) is 5.75 Å². The second kappa shape index (κ2) is 4.98. The zero-order chi connectivity index (χ0) is 10.6. The van der Waals surface area contributed by atoms with E-state index in [1.54, 1.807) is 14.0 Å². The highest BCUT2D eigenvalue weighted by molar-refractivity contribution is 5.33. The first-order valence-corrected chi connectivity index (χ1v) is 4.70. The number of aliphatic hydroxyl groups is 1. The molecule has 0 aliphatic carbocycles. The van der Waals surface area contributed by atoms with Gasteiger partial charge < -0.3 is 15.6 Å². The zero-order valence-electron chi connectivity index (χ0n) is 8.60. The van der Waals surface area contributed by atoms with Crippen LogP contribution in [0.4, 0.5) is 0 Å². The molecule has 3 N–H and O–H groups in total. The molecule has 78 valence electrons. The molecular weight excluding hydrogens is 178 g/mol. The zero-order valence-corrected chi connectivity index (χ0v) is 8.60. The van der Waals surface area contributed by atoms with Crippen LogP contribution >= 0.6 is 0 Å². The van der Waals surface area contributed by atoms with E-state index in [0.29, 0.717) is 6.42 Å². The van der Waals surface area contributed by atoms with Gasteiger partial charge in [-0.3, -0.25) is 0 Å². The van der Waals surface area contributed by atoms with Crippen molar-refractivity contribution < 1.29 is 9.84 Å². The Balaban J connectivity index is 2.75. The molecule has 2 unspecified atom stereocenters. The number of nitrogens with two attached hydrogens (primary N) is 1. The summed E-state index contributed by atoms with van der Waals surface area (Å²) in [5, 5.41) is 9.28. The highest BCUT2D eigenvalue weighted by Crippen LogP contribution is 2.18. The quantitative estimate of drug-likeness (QED) is 0.752. The number of para-hydroxylation sites is 1. The molecule has 0 amide bonds. The molecule has 1 rings (SSSR count). The third-order valence-electron chi connectivity index (χ3n) is 2.27. The van der Waals surface area contributed by atoms with E-state index in [1.165, 1.54) is 0 Å². The maximum atomic E-state index is 9.28. The predicted molar refractivity (Wildman–Crippen MR) is 56.4 cm³/mol. The number of benzene rings is 1. The van der Waals surface area contributed by atoms with Gasteiger partial charge in [-0.05, 0) is 25.0 Å². The van der Waals surface area contributed by atoms with Crippen LogP contribution in [0.1, 0.15) is 12.5 Å². The predicted octanol–water partition coefficient (Wildman–Crippen LogP) is 0.946. The Morgan fingerprint density at radius 2 is 2.07 bits per heavy atom. The average molecular weight is 195 g/mol. The van der Waals surface area contributed by atoms with Crippen molar-refractivity contribution in [1.82, 2.24) is 0 Å². The van der Waals surface area contributed by atoms with Crippen molar-refractivity contribution in [2.75, 3.05) is 7.11 Å². The van der Waals surface area contributed by atoms with Gasteiger partial charge >= 0.3 is 0 Å². The van der Waals surface area contributed by atoms with E-state index in [1.807, 2.05) is 24.3 Å². The van der Waals surface area contributed by atoms with Crippen LogP contribution in [0.3, 0.4) is 0 Å². The Morgan fingerprint density at radius 3 is 2.64 bits per heavy atom. The van der Waals surface area contributed by atoms with Crippen LogP contribution in [0.2, 0.25) is 0 Å². The molecule has 2 atom stereocenters. The molecule has 0 aromatic heterocycles. The minimum atomic E-state index is -0.500. The summed E-state index contributed by atoms with van der Waals surface area (Å²) in [4.78, 5) is 0. The molecule has 0 bridgehead atoms. The van der Waals surface area contributed by atoms with Gasteiger partial charge in [0, 0.05) is 6.04 Å². The van der Waals surface area contributed by atoms with Gasteiger partial charge in [-0.15, -0.1) is 0 Å². The fraction of sp³-hybridized carbons (Fsp3) is 0.455. The Bertz CT molecular complexity index is 286. The van der Waals surface area contributed by atoms with Crippen LogP contribution in [0, 0.1) is 0 Å². The highest BCUT2D eigenvalue weighted by atomic mass is 16.5. The van der Waals surface area contributed by atoms with Gasteiger partial charge in [0.2, 0.25) is 0 Å². The first kappa shape index (κ1) is 11.0. The van der Waals surface area contributed by atoms with Gasteiger partial charge in [-0.25, -0.2) is 0 Å². The Hall–Kier alpha value is -1.06. The number of aliphatic hydroxyl groups excluding tert-OH is 1.